The van der Waals surface area contributed by atoms with Gasteiger partial charge in [0.25, 0.3) is 0 Å². The van der Waals surface area contributed by atoms with Crippen molar-refractivity contribution in [3.05, 3.63) is 0 Å². The van der Waals surface area contributed by atoms with Crippen LogP contribution in [0.1, 0.15) is 38.5 Å². The molecule has 2 unspecified atom stereocenters. The maximum atomic E-state index is 9.60. The average molecular weight is 229 g/mol. The van der Waals surface area contributed by atoms with Gasteiger partial charge >= 0.3 is 0 Å². The molecule has 0 aliphatic heterocycles. The zero-order chi connectivity index (χ0) is 11.8. The van der Waals surface area contributed by atoms with Crippen LogP contribution < -0.4 is 11.1 Å². The van der Waals surface area contributed by atoms with E-state index in [2.05, 4.69) is 10.5 Å². The van der Waals surface area contributed by atoms with Crippen LogP contribution in [0.15, 0.2) is 5.16 Å². The van der Waals surface area contributed by atoms with Gasteiger partial charge in [0.15, 0.2) is 0 Å². The summed E-state index contributed by atoms with van der Waals surface area (Å²) in [5, 5.41) is 24.2. The summed E-state index contributed by atoms with van der Waals surface area (Å²) in [6, 6.07) is 0. The SMILES string of the molecule is NC(CCCCNCC1CCCC1O)=NO. The molecule has 94 valence electrons. The largest absolute Gasteiger partial charge is 0.409 e. The lowest BCUT2D eigenvalue weighted by Gasteiger charge is -2.14. The Labute approximate surface area is 96.7 Å². The van der Waals surface area contributed by atoms with Gasteiger partial charge in [0.2, 0.25) is 0 Å². The Balaban J connectivity index is 1.92. The second-order valence-electron chi connectivity index (χ2n) is 4.51. The first-order valence-electron chi connectivity index (χ1n) is 6.09. The van der Waals surface area contributed by atoms with Crippen LogP contribution >= 0.6 is 0 Å². The molecule has 0 bridgehead atoms. The Morgan fingerprint density at radius 3 is 2.81 bits per heavy atom. The fourth-order valence-electron chi connectivity index (χ4n) is 2.15. The fraction of sp³-hybridized carbons (Fsp3) is 0.909. The first-order valence-corrected chi connectivity index (χ1v) is 6.09. The second kappa shape index (κ2) is 7.46. The van der Waals surface area contributed by atoms with Crippen molar-refractivity contribution < 1.29 is 10.3 Å². The maximum Gasteiger partial charge on any atom is 0.139 e. The lowest BCUT2D eigenvalue weighted by molar-refractivity contribution is 0.132. The predicted molar refractivity (Wildman–Crippen MR) is 63.5 cm³/mol. The van der Waals surface area contributed by atoms with Crippen LogP contribution in [0.2, 0.25) is 0 Å². The normalized spacial score (nSPS) is 26.2. The van der Waals surface area contributed by atoms with Crippen molar-refractivity contribution in [3.8, 4) is 0 Å². The minimum atomic E-state index is -0.107. The standard InChI is InChI=1S/C11H23N3O2/c12-11(14-16)6-1-2-7-13-8-9-4-3-5-10(9)15/h9-10,13,15-16H,1-8H2,(H2,12,14). The molecule has 0 saturated heterocycles. The highest BCUT2D eigenvalue weighted by molar-refractivity contribution is 5.79. The van der Waals surface area contributed by atoms with Gasteiger partial charge in [0, 0.05) is 13.0 Å². The van der Waals surface area contributed by atoms with Gasteiger partial charge in [-0.15, -0.1) is 0 Å². The smallest absolute Gasteiger partial charge is 0.139 e. The lowest BCUT2D eigenvalue weighted by atomic mass is 10.1. The molecule has 1 aliphatic carbocycles. The minimum Gasteiger partial charge on any atom is -0.409 e. The first kappa shape index (κ1) is 13.3. The number of nitrogens with zero attached hydrogens (tertiary/aromatic N) is 1. The van der Waals surface area contributed by atoms with Crippen molar-refractivity contribution in [3.63, 3.8) is 0 Å². The van der Waals surface area contributed by atoms with Gasteiger partial charge in [-0.1, -0.05) is 11.6 Å². The summed E-state index contributed by atoms with van der Waals surface area (Å²) >= 11 is 0. The van der Waals surface area contributed by atoms with Crippen molar-refractivity contribution in [2.75, 3.05) is 13.1 Å². The Kier molecular flexibility index (Phi) is 6.18. The molecule has 16 heavy (non-hydrogen) atoms. The molecular weight excluding hydrogens is 206 g/mol. The molecule has 0 amide bonds. The number of hydrogen-bond acceptors (Lipinski definition) is 4. The van der Waals surface area contributed by atoms with Crippen LogP contribution in [0.4, 0.5) is 0 Å². The van der Waals surface area contributed by atoms with Crippen LogP contribution in [0.25, 0.3) is 0 Å². The first-order chi connectivity index (χ1) is 7.74. The molecule has 1 fully saturated rings. The molecule has 2 atom stereocenters. The molecule has 1 aliphatic rings. The summed E-state index contributed by atoms with van der Waals surface area (Å²) in [7, 11) is 0. The van der Waals surface area contributed by atoms with E-state index >= 15 is 0 Å². The molecule has 0 aromatic rings. The van der Waals surface area contributed by atoms with Crippen molar-refractivity contribution in [2.24, 2.45) is 16.8 Å². The van der Waals surface area contributed by atoms with E-state index in [-0.39, 0.29) is 6.10 Å². The number of nitrogens with two attached hydrogens (primary N) is 1. The minimum absolute atomic E-state index is 0.107. The third kappa shape index (κ3) is 4.81. The number of nitrogens with one attached hydrogen (secondary N) is 1. The number of hydrogen-bond donors (Lipinski definition) is 4. The highest BCUT2D eigenvalue weighted by Crippen LogP contribution is 2.24. The third-order valence-electron chi connectivity index (χ3n) is 3.19. The van der Waals surface area contributed by atoms with Crippen LogP contribution in [-0.4, -0.2) is 35.3 Å². The summed E-state index contributed by atoms with van der Waals surface area (Å²) in [6.45, 7) is 1.84. The topological polar surface area (TPSA) is 90.9 Å². The molecule has 5 heteroatoms. The number of aliphatic hydroxyl groups excluding tert-OH is 1. The van der Waals surface area contributed by atoms with Gasteiger partial charge in [-0.05, 0) is 38.1 Å². The molecule has 5 nitrogen and oxygen atoms in total. The molecule has 1 rings (SSSR count). The Bertz CT molecular complexity index is 221. The molecule has 1 saturated carbocycles. The number of oxime groups is 1. The number of amidine groups is 1. The van der Waals surface area contributed by atoms with Crippen molar-refractivity contribution in [1.82, 2.24) is 5.32 Å². The van der Waals surface area contributed by atoms with Crippen LogP contribution in [0, 0.1) is 5.92 Å². The highest BCUT2D eigenvalue weighted by atomic mass is 16.4. The van der Waals surface area contributed by atoms with Gasteiger partial charge in [-0.2, -0.15) is 0 Å². The van der Waals surface area contributed by atoms with E-state index in [0.29, 0.717) is 18.2 Å². The molecular formula is C11H23N3O2. The van der Waals surface area contributed by atoms with E-state index in [9.17, 15) is 5.11 Å². The average Bonchev–Trinajstić information content (AvgIpc) is 2.69. The summed E-state index contributed by atoms with van der Waals surface area (Å²) in [5.74, 6) is 0.732. The van der Waals surface area contributed by atoms with Crippen LogP contribution in [0.5, 0.6) is 0 Å². The van der Waals surface area contributed by atoms with E-state index in [1.807, 2.05) is 0 Å². The van der Waals surface area contributed by atoms with E-state index < -0.39 is 0 Å². The molecule has 0 aromatic heterocycles. The molecule has 0 radical (unpaired) electrons. The maximum absolute atomic E-state index is 9.60. The zero-order valence-corrected chi connectivity index (χ0v) is 9.73. The quantitative estimate of drug-likeness (QED) is 0.170. The van der Waals surface area contributed by atoms with Crippen molar-refractivity contribution in [1.29, 1.82) is 0 Å². The van der Waals surface area contributed by atoms with Gasteiger partial charge in [-0.25, -0.2) is 0 Å². The number of unbranched alkanes of at least 4 members (excludes halogenated alkanes) is 1. The van der Waals surface area contributed by atoms with Crippen LogP contribution in [-0.2, 0) is 0 Å². The highest BCUT2D eigenvalue weighted by Gasteiger charge is 2.24. The summed E-state index contributed by atoms with van der Waals surface area (Å²) < 4.78 is 0. The Morgan fingerprint density at radius 2 is 2.19 bits per heavy atom. The van der Waals surface area contributed by atoms with Crippen molar-refractivity contribution >= 4 is 5.84 Å². The van der Waals surface area contributed by atoms with Crippen molar-refractivity contribution in [2.45, 2.75) is 44.6 Å². The monoisotopic (exact) mass is 229 g/mol. The van der Waals surface area contributed by atoms with E-state index in [0.717, 1.165) is 45.2 Å². The number of aliphatic hydroxyl groups is 1. The summed E-state index contributed by atoms with van der Waals surface area (Å²) in [4.78, 5) is 0. The molecule has 0 spiro atoms. The van der Waals surface area contributed by atoms with E-state index in [4.69, 9.17) is 10.9 Å². The van der Waals surface area contributed by atoms with Crippen LogP contribution in [0.3, 0.4) is 0 Å². The van der Waals surface area contributed by atoms with E-state index in [1.54, 1.807) is 0 Å². The Hall–Kier alpha value is -0.810. The Morgan fingerprint density at radius 1 is 1.38 bits per heavy atom. The lowest BCUT2D eigenvalue weighted by Crippen LogP contribution is -2.28. The zero-order valence-electron chi connectivity index (χ0n) is 9.73. The van der Waals surface area contributed by atoms with Gasteiger partial charge in [-0.3, -0.25) is 0 Å². The fourth-order valence-corrected chi connectivity index (χ4v) is 2.15. The van der Waals surface area contributed by atoms with E-state index in [1.165, 1.54) is 0 Å². The predicted octanol–water partition coefficient (Wildman–Crippen LogP) is 0.654. The molecule has 0 heterocycles. The van der Waals surface area contributed by atoms with Gasteiger partial charge in [0.1, 0.15) is 5.84 Å². The second-order valence-corrected chi connectivity index (χ2v) is 4.51. The van der Waals surface area contributed by atoms with Gasteiger partial charge < -0.3 is 21.4 Å². The van der Waals surface area contributed by atoms with Gasteiger partial charge in [0.05, 0.1) is 6.10 Å². The summed E-state index contributed by atoms with van der Waals surface area (Å²) in [6.07, 6.45) is 5.72. The molecule has 5 N–H and O–H groups in total. The third-order valence-corrected chi connectivity index (χ3v) is 3.19. The summed E-state index contributed by atoms with van der Waals surface area (Å²) in [5.41, 5.74) is 5.35. The number of rotatable bonds is 7. The molecule has 0 aromatic carbocycles.